The third kappa shape index (κ3) is 4.14. The summed E-state index contributed by atoms with van der Waals surface area (Å²) >= 11 is 3.55. The van der Waals surface area contributed by atoms with Crippen LogP contribution in [0.3, 0.4) is 0 Å². The molecule has 1 aromatic rings. The maximum absolute atomic E-state index is 3.77. The van der Waals surface area contributed by atoms with E-state index in [9.17, 15) is 0 Å². The van der Waals surface area contributed by atoms with E-state index in [0.29, 0.717) is 6.04 Å². The Morgan fingerprint density at radius 1 is 1.50 bits per heavy atom. The maximum Gasteiger partial charge on any atom is 0.0412 e. The van der Waals surface area contributed by atoms with Crippen LogP contribution >= 0.6 is 15.9 Å². The number of hydrogen-bond donors (Lipinski definition) is 1. The van der Waals surface area contributed by atoms with Crippen LogP contribution in [0.25, 0.3) is 0 Å². The number of rotatable bonds is 7. The Hall–Kier alpha value is -0.800. The lowest BCUT2D eigenvalue weighted by Gasteiger charge is -2.25. The second kappa shape index (κ2) is 7.59. The summed E-state index contributed by atoms with van der Waals surface area (Å²) in [6.45, 7) is 7.00. The Balaban J connectivity index is 2.88. The molecule has 1 rings (SSSR count). The maximum atomic E-state index is 3.77. The SMILES string of the molecule is C=CCCCN(C)c1ccc(Br)cc1C(C)NC. The minimum Gasteiger partial charge on any atom is -0.374 e. The fourth-order valence-corrected chi connectivity index (χ4v) is 2.35. The monoisotopic (exact) mass is 310 g/mol. The molecule has 0 fully saturated rings. The fraction of sp³-hybridized carbons (Fsp3) is 0.467. The Morgan fingerprint density at radius 3 is 2.83 bits per heavy atom. The van der Waals surface area contributed by atoms with Crippen molar-refractivity contribution in [1.82, 2.24) is 5.32 Å². The van der Waals surface area contributed by atoms with Crippen molar-refractivity contribution in [2.75, 3.05) is 25.5 Å². The van der Waals surface area contributed by atoms with Crippen molar-refractivity contribution in [1.29, 1.82) is 0 Å². The Labute approximate surface area is 119 Å². The highest BCUT2D eigenvalue weighted by atomic mass is 79.9. The Morgan fingerprint density at radius 2 is 2.22 bits per heavy atom. The summed E-state index contributed by atoms with van der Waals surface area (Å²) < 4.78 is 1.13. The summed E-state index contributed by atoms with van der Waals surface area (Å²) in [6, 6.07) is 6.83. The number of halogens is 1. The van der Waals surface area contributed by atoms with Gasteiger partial charge in [-0.15, -0.1) is 6.58 Å². The molecule has 100 valence electrons. The molecule has 0 amide bonds. The highest BCUT2D eigenvalue weighted by Gasteiger charge is 2.12. The third-order valence-electron chi connectivity index (χ3n) is 3.20. The number of hydrogen-bond acceptors (Lipinski definition) is 2. The van der Waals surface area contributed by atoms with Crippen LogP contribution in [0.5, 0.6) is 0 Å². The van der Waals surface area contributed by atoms with E-state index in [4.69, 9.17) is 0 Å². The van der Waals surface area contributed by atoms with Crippen LogP contribution in [-0.2, 0) is 0 Å². The number of benzene rings is 1. The number of nitrogens with one attached hydrogen (secondary N) is 1. The normalized spacial score (nSPS) is 12.2. The smallest absolute Gasteiger partial charge is 0.0412 e. The number of allylic oxidation sites excluding steroid dienone is 1. The molecule has 0 spiro atoms. The second-order valence-electron chi connectivity index (χ2n) is 4.57. The van der Waals surface area contributed by atoms with E-state index < -0.39 is 0 Å². The van der Waals surface area contributed by atoms with Gasteiger partial charge >= 0.3 is 0 Å². The van der Waals surface area contributed by atoms with Gasteiger partial charge in [0, 0.05) is 29.8 Å². The number of anilines is 1. The van der Waals surface area contributed by atoms with Crippen molar-refractivity contribution >= 4 is 21.6 Å². The molecule has 1 unspecified atom stereocenters. The predicted molar refractivity (Wildman–Crippen MR) is 84.3 cm³/mol. The van der Waals surface area contributed by atoms with E-state index in [1.165, 1.54) is 11.3 Å². The highest BCUT2D eigenvalue weighted by molar-refractivity contribution is 9.10. The molecule has 0 aliphatic carbocycles. The summed E-state index contributed by atoms with van der Waals surface area (Å²) in [5.41, 5.74) is 2.62. The van der Waals surface area contributed by atoms with Gasteiger partial charge in [0.2, 0.25) is 0 Å². The number of nitrogens with zero attached hydrogens (tertiary/aromatic N) is 1. The van der Waals surface area contributed by atoms with Gasteiger partial charge in [-0.3, -0.25) is 0 Å². The summed E-state index contributed by atoms with van der Waals surface area (Å²) in [5, 5.41) is 3.31. The van der Waals surface area contributed by atoms with Crippen molar-refractivity contribution in [3.63, 3.8) is 0 Å². The fourth-order valence-electron chi connectivity index (χ4n) is 1.97. The van der Waals surface area contributed by atoms with Crippen molar-refractivity contribution in [2.45, 2.75) is 25.8 Å². The second-order valence-corrected chi connectivity index (χ2v) is 5.48. The van der Waals surface area contributed by atoms with Gasteiger partial charge < -0.3 is 10.2 Å². The largest absolute Gasteiger partial charge is 0.374 e. The molecular formula is C15H23BrN2. The molecule has 0 heterocycles. The molecule has 1 atom stereocenters. The van der Waals surface area contributed by atoms with Gasteiger partial charge in [0.05, 0.1) is 0 Å². The molecule has 1 aromatic carbocycles. The molecule has 0 saturated heterocycles. The molecule has 0 radical (unpaired) electrons. The third-order valence-corrected chi connectivity index (χ3v) is 3.70. The van der Waals surface area contributed by atoms with Gasteiger partial charge in [-0.05, 0) is 50.6 Å². The molecule has 0 bridgehead atoms. The van der Waals surface area contributed by atoms with Gasteiger partial charge in [0.25, 0.3) is 0 Å². The Kier molecular flexibility index (Phi) is 6.44. The Bertz CT molecular complexity index is 390. The van der Waals surface area contributed by atoms with Gasteiger partial charge in [0.15, 0.2) is 0 Å². The van der Waals surface area contributed by atoms with Crippen LogP contribution < -0.4 is 10.2 Å². The predicted octanol–water partition coefficient (Wildman–Crippen LogP) is 4.13. The van der Waals surface area contributed by atoms with Gasteiger partial charge in [-0.2, -0.15) is 0 Å². The van der Waals surface area contributed by atoms with Crippen molar-refractivity contribution in [2.24, 2.45) is 0 Å². The summed E-state index contributed by atoms with van der Waals surface area (Å²) in [6.07, 6.45) is 4.19. The zero-order valence-corrected chi connectivity index (χ0v) is 13.1. The highest BCUT2D eigenvalue weighted by Crippen LogP contribution is 2.29. The van der Waals surface area contributed by atoms with Crippen LogP contribution in [0.1, 0.15) is 31.4 Å². The van der Waals surface area contributed by atoms with Crippen LogP contribution in [0.4, 0.5) is 5.69 Å². The first-order valence-electron chi connectivity index (χ1n) is 6.39. The van der Waals surface area contributed by atoms with E-state index in [1.54, 1.807) is 0 Å². The standard InChI is InChI=1S/C15H23BrN2/c1-5-6-7-10-18(4)15-9-8-13(16)11-14(15)12(2)17-3/h5,8-9,11-12,17H,1,6-7,10H2,2-4H3. The van der Waals surface area contributed by atoms with Crippen LogP contribution in [0.15, 0.2) is 35.3 Å². The lowest BCUT2D eigenvalue weighted by molar-refractivity contribution is 0.648. The zero-order valence-electron chi connectivity index (χ0n) is 11.5. The molecular weight excluding hydrogens is 288 g/mol. The van der Waals surface area contributed by atoms with E-state index in [1.807, 2.05) is 13.1 Å². The van der Waals surface area contributed by atoms with Crippen LogP contribution in [-0.4, -0.2) is 20.6 Å². The average molecular weight is 311 g/mol. The van der Waals surface area contributed by atoms with Gasteiger partial charge in [-0.25, -0.2) is 0 Å². The topological polar surface area (TPSA) is 15.3 Å². The first-order valence-corrected chi connectivity index (χ1v) is 7.18. The molecule has 0 aromatic heterocycles. The van der Waals surface area contributed by atoms with E-state index in [-0.39, 0.29) is 0 Å². The first-order chi connectivity index (χ1) is 8.60. The van der Waals surface area contributed by atoms with Crippen molar-refractivity contribution in [3.8, 4) is 0 Å². The summed E-state index contributed by atoms with van der Waals surface area (Å²) in [5.74, 6) is 0. The van der Waals surface area contributed by atoms with E-state index in [2.05, 4.69) is 64.9 Å². The minimum atomic E-state index is 0.347. The molecule has 1 N–H and O–H groups in total. The summed E-state index contributed by atoms with van der Waals surface area (Å²) in [7, 11) is 4.14. The zero-order chi connectivity index (χ0) is 13.5. The molecule has 0 saturated carbocycles. The molecule has 3 heteroatoms. The number of unbranched alkanes of at least 4 members (excludes halogenated alkanes) is 1. The molecule has 0 aliphatic rings. The summed E-state index contributed by atoms with van der Waals surface area (Å²) in [4.78, 5) is 2.32. The molecule has 18 heavy (non-hydrogen) atoms. The van der Waals surface area contributed by atoms with Gasteiger partial charge in [0.1, 0.15) is 0 Å². The first kappa shape index (κ1) is 15.3. The molecule has 2 nitrogen and oxygen atoms in total. The van der Waals surface area contributed by atoms with E-state index in [0.717, 1.165) is 23.9 Å². The van der Waals surface area contributed by atoms with Crippen molar-refractivity contribution < 1.29 is 0 Å². The lowest BCUT2D eigenvalue weighted by Crippen LogP contribution is -2.22. The average Bonchev–Trinajstić information content (AvgIpc) is 2.37. The van der Waals surface area contributed by atoms with E-state index >= 15 is 0 Å². The quantitative estimate of drug-likeness (QED) is 0.601. The van der Waals surface area contributed by atoms with Crippen LogP contribution in [0, 0.1) is 0 Å². The lowest BCUT2D eigenvalue weighted by atomic mass is 10.1. The van der Waals surface area contributed by atoms with Gasteiger partial charge in [-0.1, -0.05) is 22.0 Å². The van der Waals surface area contributed by atoms with Crippen molar-refractivity contribution in [3.05, 3.63) is 40.9 Å². The minimum absolute atomic E-state index is 0.347. The van der Waals surface area contributed by atoms with Crippen LogP contribution in [0.2, 0.25) is 0 Å². The molecule has 0 aliphatic heterocycles.